The second-order valence-electron chi connectivity index (χ2n) is 6.96. The molecule has 1 aliphatic rings. The molecule has 4 rings (SSSR count). The number of nitrogens with zero attached hydrogens (tertiary/aromatic N) is 2. The summed E-state index contributed by atoms with van der Waals surface area (Å²) >= 11 is 0. The predicted octanol–water partition coefficient (Wildman–Crippen LogP) is 3.39. The Morgan fingerprint density at radius 1 is 1.23 bits per heavy atom. The smallest absolute Gasteiger partial charge is 0.230 e. The van der Waals surface area contributed by atoms with Crippen molar-refractivity contribution >= 4 is 16.8 Å². The summed E-state index contributed by atoms with van der Waals surface area (Å²) in [5.74, 6) is 0.514. The van der Waals surface area contributed by atoms with Crippen molar-refractivity contribution in [2.45, 2.75) is 25.7 Å². The molecule has 0 bridgehead atoms. The molecule has 0 spiro atoms. The number of ether oxygens (including phenoxy) is 1. The monoisotopic (exact) mass is 347 g/mol. The molecule has 3 aromatic rings. The van der Waals surface area contributed by atoms with Gasteiger partial charge in [-0.2, -0.15) is 0 Å². The van der Waals surface area contributed by atoms with Crippen LogP contribution in [-0.2, 0) is 10.2 Å². The largest absolute Gasteiger partial charge is 0.481 e. The zero-order chi connectivity index (χ0) is 18.3. The highest BCUT2D eigenvalue weighted by Gasteiger charge is 2.41. The lowest BCUT2D eigenvalue weighted by Gasteiger charge is -2.23. The Morgan fingerprint density at radius 2 is 2.08 bits per heavy atom. The molecule has 1 aromatic carbocycles. The molecule has 1 atom stereocenters. The molecule has 1 saturated heterocycles. The number of hydrogen-bond acceptors (Lipinski definition) is 4. The lowest BCUT2D eigenvalue weighted by atomic mass is 9.81. The van der Waals surface area contributed by atoms with Crippen molar-refractivity contribution in [1.29, 1.82) is 0 Å². The summed E-state index contributed by atoms with van der Waals surface area (Å²) in [6.07, 6.45) is 2.56. The van der Waals surface area contributed by atoms with E-state index in [1.807, 2.05) is 37.4 Å². The van der Waals surface area contributed by atoms with Crippen LogP contribution in [0.4, 0.5) is 0 Å². The molecule has 1 aliphatic heterocycles. The fraction of sp³-hybridized carbons (Fsp3) is 0.286. The summed E-state index contributed by atoms with van der Waals surface area (Å²) in [6.45, 7) is 4.69. The van der Waals surface area contributed by atoms with Gasteiger partial charge in [-0.25, -0.2) is 4.98 Å². The van der Waals surface area contributed by atoms with E-state index in [-0.39, 0.29) is 5.91 Å². The van der Waals surface area contributed by atoms with Crippen molar-refractivity contribution in [3.8, 4) is 17.1 Å². The number of aromatic nitrogens is 2. The van der Waals surface area contributed by atoms with Crippen molar-refractivity contribution in [2.75, 3.05) is 13.7 Å². The normalized spacial score (nSPS) is 19.6. The average Bonchev–Trinajstić information content (AvgIpc) is 3.01. The van der Waals surface area contributed by atoms with E-state index in [9.17, 15) is 4.79 Å². The van der Waals surface area contributed by atoms with Crippen LogP contribution >= 0.6 is 0 Å². The molecule has 132 valence electrons. The van der Waals surface area contributed by atoms with Gasteiger partial charge in [0, 0.05) is 29.3 Å². The summed E-state index contributed by atoms with van der Waals surface area (Å²) < 4.78 is 5.53. The number of rotatable bonds is 3. The number of nitrogens with one attached hydrogen (secondary N) is 1. The van der Waals surface area contributed by atoms with Gasteiger partial charge in [0.1, 0.15) is 0 Å². The third-order valence-corrected chi connectivity index (χ3v) is 5.30. The lowest BCUT2D eigenvalue weighted by Crippen LogP contribution is -2.32. The van der Waals surface area contributed by atoms with Gasteiger partial charge in [-0.15, -0.1) is 0 Å². The molecule has 5 heteroatoms. The first kappa shape index (κ1) is 16.5. The average molecular weight is 347 g/mol. The highest BCUT2D eigenvalue weighted by Crippen LogP contribution is 2.37. The van der Waals surface area contributed by atoms with Gasteiger partial charge in [0.15, 0.2) is 0 Å². The van der Waals surface area contributed by atoms with E-state index in [1.54, 1.807) is 7.11 Å². The molecule has 3 heterocycles. The number of aryl methyl sites for hydroxylation is 1. The summed E-state index contributed by atoms with van der Waals surface area (Å²) in [7, 11) is 1.59. The summed E-state index contributed by atoms with van der Waals surface area (Å²) in [5, 5.41) is 4.01. The van der Waals surface area contributed by atoms with Crippen LogP contribution in [-0.4, -0.2) is 29.5 Å². The number of benzene rings is 1. The minimum atomic E-state index is -0.602. The van der Waals surface area contributed by atoms with E-state index < -0.39 is 5.41 Å². The summed E-state index contributed by atoms with van der Waals surface area (Å²) in [6, 6.07) is 12.1. The molecule has 1 N–H and O–H groups in total. The highest BCUT2D eigenvalue weighted by atomic mass is 16.5. The van der Waals surface area contributed by atoms with Crippen LogP contribution in [0.2, 0.25) is 0 Å². The Bertz CT molecular complexity index is 1020. The SMILES string of the molecule is COc1nc(-c2cnc3cccc(C)c3c2)ccc1[C@@]1(C)CCNC1=O. The Morgan fingerprint density at radius 3 is 2.81 bits per heavy atom. The summed E-state index contributed by atoms with van der Waals surface area (Å²) in [5.41, 5.74) is 4.07. The highest BCUT2D eigenvalue weighted by molar-refractivity contribution is 5.90. The van der Waals surface area contributed by atoms with E-state index in [0.29, 0.717) is 12.4 Å². The minimum absolute atomic E-state index is 0.0216. The maximum atomic E-state index is 12.3. The van der Waals surface area contributed by atoms with Gasteiger partial charge in [0.05, 0.1) is 23.7 Å². The number of carbonyl (C=O) groups excluding carboxylic acids is 1. The first-order valence-electron chi connectivity index (χ1n) is 8.72. The van der Waals surface area contributed by atoms with E-state index in [4.69, 9.17) is 4.74 Å². The number of amides is 1. The minimum Gasteiger partial charge on any atom is -0.481 e. The third kappa shape index (κ3) is 2.51. The standard InChI is InChI=1S/C21H21N3O2/c1-13-5-4-6-18-15(13)11-14(12-23-18)17-8-7-16(19(24-17)26-3)21(2)9-10-22-20(21)25/h4-8,11-12H,9-10H2,1-3H3,(H,22,25)/t21-/m1/s1. The van der Waals surface area contributed by atoms with Gasteiger partial charge in [-0.1, -0.05) is 18.2 Å². The van der Waals surface area contributed by atoms with Crippen LogP contribution in [0.3, 0.4) is 0 Å². The predicted molar refractivity (Wildman–Crippen MR) is 101 cm³/mol. The van der Waals surface area contributed by atoms with E-state index in [0.717, 1.165) is 34.1 Å². The molecule has 1 amide bonds. The van der Waals surface area contributed by atoms with Crippen LogP contribution in [0.5, 0.6) is 5.88 Å². The van der Waals surface area contributed by atoms with E-state index in [1.165, 1.54) is 5.56 Å². The number of pyridine rings is 2. The third-order valence-electron chi connectivity index (χ3n) is 5.30. The Labute approximate surface area is 152 Å². The van der Waals surface area contributed by atoms with Crippen LogP contribution in [0.25, 0.3) is 22.2 Å². The van der Waals surface area contributed by atoms with Gasteiger partial charge >= 0.3 is 0 Å². The molecule has 0 radical (unpaired) electrons. The van der Waals surface area contributed by atoms with Crippen LogP contribution in [0.1, 0.15) is 24.5 Å². The van der Waals surface area contributed by atoms with Crippen molar-refractivity contribution in [2.24, 2.45) is 0 Å². The molecule has 0 unspecified atom stereocenters. The zero-order valence-corrected chi connectivity index (χ0v) is 15.2. The second-order valence-corrected chi connectivity index (χ2v) is 6.96. The first-order valence-corrected chi connectivity index (χ1v) is 8.72. The maximum Gasteiger partial charge on any atom is 0.230 e. The molecule has 2 aromatic heterocycles. The summed E-state index contributed by atoms with van der Waals surface area (Å²) in [4.78, 5) is 21.5. The quantitative estimate of drug-likeness (QED) is 0.789. The zero-order valence-electron chi connectivity index (χ0n) is 15.2. The second kappa shape index (κ2) is 6.09. The van der Waals surface area contributed by atoms with Crippen LogP contribution in [0.15, 0.2) is 42.6 Å². The molecule has 5 nitrogen and oxygen atoms in total. The number of hydrogen-bond donors (Lipinski definition) is 1. The van der Waals surface area contributed by atoms with E-state index >= 15 is 0 Å². The fourth-order valence-electron chi connectivity index (χ4n) is 3.61. The van der Waals surface area contributed by atoms with Gasteiger partial charge < -0.3 is 10.1 Å². The maximum absolute atomic E-state index is 12.3. The topological polar surface area (TPSA) is 64.1 Å². The van der Waals surface area contributed by atoms with Crippen LogP contribution < -0.4 is 10.1 Å². The van der Waals surface area contributed by atoms with Gasteiger partial charge in [-0.3, -0.25) is 9.78 Å². The number of fused-ring (bicyclic) bond motifs is 1. The van der Waals surface area contributed by atoms with Gasteiger partial charge in [0.25, 0.3) is 0 Å². The Hall–Kier alpha value is -2.95. The van der Waals surface area contributed by atoms with Crippen molar-refractivity contribution in [3.05, 3.63) is 53.7 Å². The molecule has 0 aliphatic carbocycles. The molecular weight excluding hydrogens is 326 g/mol. The Balaban J connectivity index is 1.81. The number of carbonyl (C=O) groups is 1. The molecular formula is C21H21N3O2. The van der Waals surface area contributed by atoms with Crippen molar-refractivity contribution in [1.82, 2.24) is 15.3 Å². The van der Waals surface area contributed by atoms with Crippen molar-refractivity contribution in [3.63, 3.8) is 0 Å². The van der Waals surface area contributed by atoms with E-state index in [2.05, 4.69) is 34.3 Å². The molecule has 1 fully saturated rings. The first-order chi connectivity index (χ1) is 12.5. The lowest BCUT2D eigenvalue weighted by molar-refractivity contribution is -0.123. The molecule has 26 heavy (non-hydrogen) atoms. The van der Waals surface area contributed by atoms with Gasteiger partial charge in [0.2, 0.25) is 11.8 Å². The van der Waals surface area contributed by atoms with Crippen molar-refractivity contribution < 1.29 is 9.53 Å². The fourth-order valence-corrected chi connectivity index (χ4v) is 3.61. The Kier molecular flexibility index (Phi) is 3.87. The van der Waals surface area contributed by atoms with Crippen LogP contribution in [0, 0.1) is 6.92 Å². The van der Waals surface area contributed by atoms with Gasteiger partial charge in [-0.05, 0) is 44.0 Å². The molecule has 0 saturated carbocycles. The number of methoxy groups -OCH3 is 1.